The highest BCUT2D eigenvalue weighted by atomic mass is 16.3. The molecule has 0 unspecified atom stereocenters. The number of fused-ring (bicyclic) bond motifs is 4. The number of hydrogen-bond donors (Lipinski definition) is 0. The predicted molar refractivity (Wildman–Crippen MR) is 228 cm³/mol. The molecule has 0 aliphatic heterocycles. The van der Waals surface area contributed by atoms with Crippen LogP contribution in [-0.4, -0.2) is 0 Å². The van der Waals surface area contributed by atoms with Crippen molar-refractivity contribution in [3.63, 3.8) is 0 Å². The van der Waals surface area contributed by atoms with Crippen molar-refractivity contribution in [1.82, 2.24) is 0 Å². The summed E-state index contributed by atoms with van der Waals surface area (Å²) in [6.07, 6.45) is 0. The molecule has 0 aliphatic carbocycles. The van der Waals surface area contributed by atoms with Gasteiger partial charge in [-0.3, -0.25) is 0 Å². The Kier molecular flexibility index (Phi) is 7.85. The van der Waals surface area contributed by atoms with Gasteiger partial charge in [0.1, 0.15) is 11.2 Å². The summed E-state index contributed by atoms with van der Waals surface area (Å²) in [5, 5.41) is 4.61. The molecule has 10 aromatic rings. The Balaban J connectivity index is 1.11. The number of benzene rings is 9. The van der Waals surface area contributed by atoms with Crippen molar-refractivity contribution in [2.24, 2.45) is 0 Å². The summed E-state index contributed by atoms with van der Waals surface area (Å²) in [7, 11) is 0. The second-order valence-corrected chi connectivity index (χ2v) is 13.7. The first-order valence-corrected chi connectivity index (χ1v) is 18.4. The van der Waals surface area contributed by atoms with Gasteiger partial charge < -0.3 is 9.32 Å². The van der Waals surface area contributed by atoms with Gasteiger partial charge in [-0.2, -0.15) is 0 Å². The van der Waals surface area contributed by atoms with Crippen LogP contribution in [0.4, 0.5) is 17.1 Å². The molecule has 0 radical (unpaired) electrons. The van der Waals surface area contributed by atoms with Crippen LogP contribution in [-0.2, 0) is 0 Å². The Morgan fingerprint density at radius 2 is 0.815 bits per heavy atom. The molecule has 0 saturated carbocycles. The van der Waals surface area contributed by atoms with Crippen molar-refractivity contribution in [2.75, 3.05) is 4.90 Å². The van der Waals surface area contributed by atoms with Crippen molar-refractivity contribution >= 4 is 49.8 Å². The first-order valence-electron chi connectivity index (χ1n) is 18.4. The molecule has 0 amide bonds. The summed E-state index contributed by atoms with van der Waals surface area (Å²) in [6.45, 7) is 0. The highest BCUT2D eigenvalue weighted by Gasteiger charge is 2.20. The van der Waals surface area contributed by atoms with E-state index in [4.69, 9.17) is 4.42 Å². The molecule has 0 N–H and O–H groups in total. The summed E-state index contributed by atoms with van der Waals surface area (Å²) < 4.78 is 6.36. The fourth-order valence-electron chi connectivity index (χ4n) is 7.99. The number of para-hydroxylation sites is 1. The van der Waals surface area contributed by atoms with Crippen LogP contribution in [0.2, 0.25) is 0 Å². The molecular weight excluding hydrogens is 655 g/mol. The van der Waals surface area contributed by atoms with E-state index in [1.807, 2.05) is 12.1 Å². The van der Waals surface area contributed by atoms with E-state index in [2.05, 4.69) is 205 Å². The Morgan fingerprint density at radius 3 is 1.50 bits per heavy atom. The summed E-state index contributed by atoms with van der Waals surface area (Å²) in [5.74, 6) is 0. The van der Waals surface area contributed by atoms with Gasteiger partial charge in [0.2, 0.25) is 0 Å². The maximum atomic E-state index is 6.36. The molecule has 2 heteroatoms. The molecular formula is C52H35NO. The minimum atomic E-state index is 0.873. The second kappa shape index (κ2) is 13.4. The smallest absolute Gasteiger partial charge is 0.137 e. The standard InChI is InChI=1S/C52H35NO/c1-2-16-37(17-3-1)42-19-6-8-21-44(42)46-23-10-11-24-47(46)45-22-9-7-20-43(45)38-30-32-40(33-31-38)53(41-34-29-36-15-4-5-18-39(36)35-41)49-26-14-28-51-52(49)48-25-12-13-27-50(48)54-51/h1-35H. The van der Waals surface area contributed by atoms with Crippen LogP contribution in [0.3, 0.4) is 0 Å². The SMILES string of the molecule is c1ccc(-c2ccccc2-c2ccccc2-c2ccccc2-c2ccc(N(c3ccc4ccccc4c3)c3cccc4oc5ccccc5c34)cc2)cc1. The van der Waals surface area contributed by atoms with E-state index in [0.29, 0.717) is 0 Å². The van der Waals surface area contributed by atoms with Gasteiger partial charge in [0.15, 0.2) is 0 Å². The third-order valence-corrected chi connectivity index (χ3v) is 10.5. The van der Waals surface area contributed by atoms with Crippen molar-refractivity contribution in [3.8, 4) is 44.5 Å². The fourth-order valence-corrected chi connectivity index (χ4v) is 7.99. The van der Waals surface area contributed by atoms with E-state index in [-0.39, 0.29) is 0 Å². The molecule has 0 saturated heterocycles. The van der Waals surface area contributed by atoms with Gasteiger partial charge in [0, 0.05) is 16.8 Å². The molecule has 0 spiro atoms. The van der Waals surface area contributed by atoms with Crippen LogP contribution in [0.25, 0.3) is 77.2 Å². The normalized spacial score (nSPS) is 11.3. The number of nitrogens with zero attached hydrogens (tertiary/aromatic N) is 1. The van der Waals surface area contributed by atoms with Crippen LogP contribution in [0.15, 0.2) is 217 Å². The first-order chi connectivity index (χ1) is 26.8. The largest absolute Gasteiger partial charge is 0.456 e. The highest BCUT2D eigenvalue weighted by Crippen LogP contribution is 2.45. The summed E-state index contributed by atoms with van der Waals surface area (Å²) in [5.41, 5.74) is 14.6. The molecule has 254 valence electrons. The zero-order valence-electron chi connectivity index (χ0n) is 29.6. The lowest BCUT2D eigenvalue weighted by molar-refractivity contribution is 0.669. The zero-order chi connectivity index (χ0) is 35.8. The van der Waals surface area contributed by atoms with Gasteiger partial charge in [-0.1, -0.05) is 170 Å². The zero-order valence-corrected chi connectivity index (χ0v) is 29.6. The third-order valence-electron chi connectivity index (χ3n) is 10.5. The first kappa shape index (κ1) is 31.6. The molecule has 54 heavy (non-hydrogen) atoms. The molecule has 1 aromatic heterocycles. The molecule has 0 aliphatic rings. The van der Waals surface area contributed by atoms with Gasteiger partial charge >= 0.3 is 0 Å². The number of hydrogen-bond acceptors (Lipinski definition) is 2. The van der Waals surface area contributed by atoms with E-state index < -0.39 is 0 Å². The fraction of sp³-hybridized carbons (Fsp3) is 0. The molecule has 0 bridgehead atoms. The van der Waals surface area contributed by atoms with Crippen molar-refractivity contribution in [1.29, 1.82) is 0 Å². The van der Waals surface area contributed by atoms with Crippen LogP contribution < -0.4 is 4.90 Å². The maximum Gasteiger partial charge on any atom is 0.137 e. The van der Waals surface area contributed by atoms with Gasteiger partial charge in [-0.25, -0.2) is 0 Å². The van der Waals surface area contributed by atoms with E-state index in [1.54, 1.807) is 0 Å². The number of furan rings is 1. The van der Waals surface area contributed by atoms with E-state index >= 15 is 0 Å². The topological polar surface area (TPSA) is 16.4 Å². The Hall–Kier alpha value is -7.16. The molecule has 9 aromatic carbocycles. The maximum absolute atomic E-state index is 6.36. The minimum absolute atomic E-state index is 0.873. The molecule has 0 fully saturated rings. The monoisotopic (exact) mass is 689 g/mol. The average Bonchev–Trinajstić information content (AvgIpc) is 3.64. The Labute approximate surface area is 314 Å². The quantitative estimate of drug-likeness (QED) is 0.166. The molecule has 2 nitrogen and oxygen atoms in total. The predicted octanol–water partition coefficient (Wildman–Crippen LogP) is 14.9. The summed E-state index contributed by atoms with van der Waals surface area (Å²) in [6, 6.07) is 75.9. The second-order valence-electron chi connectivity index (χ2n) is 13.7. The van der Waals surface area contributed by atoms with Crippen LogP contribution in [0.5, 0.6) is 0 Å². The third kappa shape index (κ3) is 5.53. The van der Waals surface area contributed by atoms with Gasteiger partial charge in [-0.15, -0.1) is 0 Å². The van der Waals surface area contributed by atoms with Gasteiger partial charge in [0.25, 0.3) is 0 Å². The van der Waals surface area contributed by atoms with Gasteiger partial charge in [0.05, 0.1) is 11.1 Å². The van der Waals surface area contributed by atoms with Crippen LogP contribution in [0.1, 0.15) is 0 Å². The van der Waals surface area contributed by atoms with Crippen molar-refractivity contribution in [3.05, 3.63) is 212 Å². The lowest BCUT2D eigenvalue weighted by Crippen LogP contribution is -2.10. The molecule has 0 atom stereocenters. The average molecular weight is 690 g/mol. The Morgan fingerprint density at radius 1 is 0.315 bits per heavy atom. The van der Waals surface area contributed by atoms with E-state index in [1.165, 1.54) is 49.7 Å². The number of anilines is 3. The number of rotatable bonds is 7. The van der Waals surface area contributed by atoms with Crippen LogP contribution in [0, 0.1) is 0 Å². The van der Waals surface area contributed by atoms with Crippen LogP contribution >= 0.6 is 0 Å². The Bertz CT molecular complexity index is 2940. The summed E-state index contributed by atoms with van der Waals surface area (Å²) >= 11 is 0. The minimum Gasteiger partial charge on any atom is -0.456 e. The van der Waals surface area contributed by atoms with E-state index in [0.717, 1.165) is 44.6 Å². The highest BCUT2D eigenvalue weighted by molar-refractivity contribution is 6.13. The lowest BCUT2D eigenvalue weighted by Gasteiger charge is -2.27. The van der Waals surface area contributed by atoms with E-state index in [9.17, 15) is 0 Å². The van der Waals surface area contributed by atoms with Crippen molar-refractivity contribution in [2.45, 2.75) is 0 Å². The molecule has 10 rings (SSSR count). The lowest BCUT2D eigenvalue weighted by atomic mass is 9.87. The summed E-state index contributed by atoms with van der Waals surface area (Å²) in [4.78, 5) is 2.36. The van der Waals surface area contributed by atoms with Crippen molar-refractivity contribution < 1.29 is 4.42 Å². The van der Waals surface area contributed by atoms with Gasteiger partial charge in [-0.05, 0) is 97.7 Å². The molecule has 1 heterocycles.